The molecule has 0 spiro atoms. The summed E-state index contributed by atoms with van der Waals surface area (Å²) in [5.41, 5.74) is 0. The first-order valence-corrected chi connectivity index (χ1v) is 1.88. The van der Waals surface area contributed by atoms with Crippen LogP contribution in [0.25, 0.3) is 0 Å². The van der Waals surface area contributed by atoms with Gasteiger partial charge in [-0.05, 0) is 6.08 Å². The molecule has 0 unspecified atom stereocenters. The van der Waals surface area contributed by atoms with E-state index in [9.17, 15) is 4.79 Å². The Balaban J connectivity index is 2.76. The van der Waals surface area contributed by atoms with Gasteiger partial charge in [-0.15, -0.1) is 0 Å². The molecule has 7 heavy (non-hydrogen) atoms. The number of esters is 1. The topological polar surface area (TPSA) is 26.3 Å². The lowest BCUT2D eigenvalue weighted by atomic mass is 10.5. The highest BCUT2D eigenvalue weighted by Crippen LogP contribution is 2.03. The molecule has 36 valence electrons. The standard InChI is InChI=1S/C5H4O2/c1-4-2-3-5(6)7-4/h2-3H,1H2. The van der Waals surface area contributed by atoms with Gasteiger partial charge in [-0.2, -0.15) is 0 Å². The Morgan fingerprint density at radius 1 is 1.57 bits per heavy atom. The van der Waals surface area contributed by atoms with Crippen LogP contribution in [0, 0.1) is 0 Å². The van der Waals surface area contributed by atoms with Crippen LogP contribution >= 0.6 is 0 Å². The molecule has 0 fully saturated rings. The van der Waals surface area contributed by atoms with Crippen LogP contribution in [0.15, 0.2) is 24.5 Å². The molecule has 2 nitrogen and oxygen atoms in total. The lowest BCUT2D eigenvalue weighted by Gasteiger charge is -1.86. The second-order valence-corrected chi connectivity index (χ2v) is 1.22. The highest BCUT2D eigenvalue weighted by molar-refractivity contribution is 5.86. The van der Waals surface area contributed by atoms with Crippen LogP contribution in [0.3, 0.4) is 0 Å². The molecule has 0 radical (unpaired) electrons. The lowest BCUT2D eigenvalue weighted by Crippen LogP contribution is -1.87. The molecule has 0 aliphatic carbocycles. The highest BCUT2D eigenvalue weighted by atomic mass is 16.5. The minimum atomic E-state index is -0.329. The molecule has 0 aromatic heterocycles. The quantitative estimate of drug-likeness (QED) is 0.413. The Kier molecular flexibility index (Phi) is 0.719. The molecule has 1 heterocycles. The molecule has 1 rings (SSSR count). The summed E-state index contributed by atoms with van der Waals surface area (Å²) < 4.78 is 4.42. The van der Waals surface area contributed by atoms with Gasteiger partial charge in [0.25, 0.3) is 0 Å². The summed E-state index contributed by atoms with van der Waals surface area (Å²) in [6, 6.07) is 0. The summed E-state index contributed by atoms with van der Waals surface area (Å²) in [6.07, 6.45) is 2.87. The Morgan fingerprint density at radius 3 is 2.43 bits per heavy atom. The van der Waals surface area contributed by atoms with E-state index in [4.69, 9.17) is 0 Å². The van der Waals surface area contributed by atoms with Crippen molar-refractivity contribution in [2.45, 2.75) is 0 Å². The van der Waals surface area contributed by atoms with Gasteiger partial charge in [-0.1, -0.05) is 6.58 Å². The van der Waals surface area contributed by atoms with Crippen molar-refractivity contribution >= 4 is 5.97 Å². The maximum absolute atomic E-state index is 10.1. The largest absolute Gasteiger partial charge is 0.424 e. The van der Waals surface area contributed by atoms with Crippen molar-refractivity contribution in [3.05, 3.63) is 24.5 Å². The van der Waals surface area contributed by atoms with Crippen molar-refractivity contribution in [3.8, 4) is 0 Å². The van der Waals surface area contributed by atoms with E-state index in [0.29, 0.717) is 5.76 Å². The Hall–Kier alpha value is -1.05. The van der Waals surface area contributed by atoms with Crippen molar-refractivity contribution in [2.75, 3.05) is 0 Å². The minimum Gasteiger partial charge on any atom is -0.424 e. The van der Waals surface area contributed by atoms with Gasteiger partial charge in [0.2, 0.25) is 0 Å². The van der Waals surface area contributed by atoms with Crippen LogP contribution in [0.2, 0.25) is 0 Å². The zero-order valence-electron chi connectivity index (χ0n) is 3.68. The summed E-state index contributed by atoms with van der Waals surface area (Å²) in [5, 5.41) is 0. The zero-order chi connectivity index (χ0) is 5.28. The van der Waals surface area contributed by atoms with E-state index in [1.807, 2.05) is 0 Å². The summed E-state index contributed by atoms with van der Waals surface area (Å²) in [4.78, 5) is 10.1. The predicted molar refractivity (Wildman–Crippen MR) is 24.4 cm³/mol. The number of ether oxygens (including phenoxy) is 1. The van der Waals surface area contributed by atoms with E-state index in [-0.39, 0.29) is 5.97 Å². The third kappa shape index (κ3) is 0.682. The number of cyclic esters (lactones) is 1. The van der Waals surface area contributed by atoms with Gasteiger partial charge < -0.3 is 4.74 Å². The van der Waals surface area contributed by atoms with Crippen LogP contribution in [0.4, 0.5) is 0 Å². The Morgan fingerprint density at radius 2 is 2.29 bits per heavy atom. The number of carbonyl (C=O) groups excluding carboxylic acids is 1. The number of rotatable bonds is 0. The molecular formula is C5H4O2. The summed E-state index contributed by atoms with van der Waals surface area (Å²) in [5.74, 6) is 0.0926. The van der Waals surface area contributed by atoms with Crippen molar-refractivity contribution in [1.29, 1.82) is 0 Å². The molecule has 2 heteroatoms. The van der Waals surface area contributed by atoms with E-state index in [0.717, 1.165) is 0 Å². The average molecular weight is 96.1 g/mol. The van der Waals surface area contributed by atoms with Crippen molar-refractivity contribution < 1.29 is 9.53 Å². The first kappa shape index (κ1) is 4.12. The van der Waals surface area contributed by atoms with Gasteiger partial charge in [0.15, 0.2) is 0 Å². The fraction of sp³-hybridized carbons (Fsp3) is 0. The predicted octanol–water partition coefficient (Wildman–Crippen LogP) is 0.613. The highest BCUT2D eigenvalue weighted by Gasteiger charge is 2.04. The maximum Gasteiger partial charge on any atom is 0.336 e. The SMILES string of the molecule is C=C1C=CC(=O)O1. The molecule has 0 aromatic carbocycles. The fourth-order valence-electron chi connectivity index (χ4n) is 0.358. The second kappa shape index (κ2) is 1.22. The summed E-state index contributed by atoms with van der Waals surface area (Å²) in [7, 11) is 0. The van der Waals surface area contributed by atoms with E-state index >= 15 is 0 Å². The van der Waals surface area contributed by atoms with Gasteiger partial charge in [-0.3, -0.25) is 0 Å². The third-order valence-corrected chi connectivity index (χ3v) is 0.637. The number of carbonyl (C=O) groups is 1. The number of hydrogen-bond donors (Lipinski definition) is 0. The first-order chi connectivity index (χ1) is 3.29. The van der Waals surface area contributed by atoms with E-state index in [1.165, 1.54) is 12.2 Å². The molecule has 1 aliphatic heterocycles. The lowest BCUT2D eigenvalue weighted by molar-refractivity contribution is -0.132. The van der Waals surface area contributed by atoms with Crippen LogP contribution in [-0.4, -0.2) is 5.97 Å². The van der Waals surface area contributed by atoms with Crippen LogP contribution in [0.1, 0.15) is 0 Å². The van der Waals surface area contributed by atoms with Gasteiger partial charge in [0, 0.05) is 6.08 Å². The molecule has 0 saturated heterocycles. The monoisotopic (exact) mass is 96.0 g/mol. The molecule has 0 atom stereocenters. The average Bonchev–Trinajstić information content (AvgIpc) is 1.87. The summed E-state index contributed by atoms with van der Waals surface area (Å²) >= 11 is 0. The number of allylic oxidation sites excluding steroid dienone is 1. The molecule has 0 bridgehead atoms. The van der Waals surface area contributed by atoms with Gasteiger partial charge >= 0.3 is 5.97 Å². The smallest absolute Gasteiger partial charge is 0.336 e. The molecule has 0 N–H and O–H groups in total. The molecule has 0 amide bonds. The van der Waals surface area contributed by atoms with Gasteiger partial charge in [-0.25, -0.2) is 4.79 Å². The van der Waals surface area contributed by atoms with E-state index in [2.05, 4.69) is 11.3 Å². The maximum atomic E-state index is 10.1. The van der Waals surface area contributed by atoms with Crippen LogP contribution in [0.5, 0.6) is 0 Å². The van der Waals surface area contributed by atoms with Crippen molar-refractivity contribution in [2.24, 2.45) is 0 Å². The zero-order valence-corrected chi connectivity index (χ0v) is 3.68. The Labute approximate surface area is 41.1 Å². The molecular weight excluding hydrogens is 92.1 g/mol. The number of hydrogen-bond acceptors (Lipinski definition) is 2. The van der Waals surface area contributed by atoms with Crippen LogP contribution < -0.4 is 0 Å². The van der Waals surface area contributed by atoms with Crippen molar-refractivity contribution in [3.63, 3.8) is 0 Å². The van der Waals surface area contributed by atoms with Gasteiger partial charge in [0.1, 0.15) is 5.76 Å². The van der Waals surface area contributed by atoms with Crippen LogP contribution in [-0.2, 0) is 9.53 Å². The molecule has 0 saturated carbocycles. The van der Waals surface area contributed by atoms with Crippen molar-refractivity contribution in [1.82, 2.24) is 0 Å². The minimum absolute atomic E-state index is 0.329. The normalized spacial score (nSPS) is 17.7. The summed E-state index contributed by atoms with van der Waals surface area (Å²) in [6.45, 7) is 3.37. The fourth-order valence-corrected chi connectivity index (χ4v) is 0.358. The first-order valence-electron chi connectivity index (χ1n) is 1.88. The Bertz CT molecular complexity index is 128. The van der Waals surface area contributed by atoms with E-state index in [1.54, 1.807) is 0 Å². The molecule has 0 aromatic rings. The third-order valence-electron chi connectivity index (χ3n) is 0.637. The second-order valence-electron chi connectivity index (χ2n) is 1.22. The molecule has 1 aliphatic rings. The van der Waals surface area contributed by atoms with Gasteiger partial charge in [0.05, 0.1) is 0 Å². The van der Waals surface area contributed by atoms with E-state index < -0.39 is 0 Å².